The maximum Gasteiger partial charge on any atom is 0.311 e. The third-order valence-electron chi connectivity index (χ3n) is 7.48. The molecular weight excluding hydrogens is 440 g/mol. The number of likely N-dealkylation sites (tertiary alicyclic amines) is 1. The van der Waals surface area contributed by atoms with Crippen LogP contribution in [-0.4, -0.2) is 81.1 Å². The molecule has 6 atom stereocenters. The minimum absolute atomic E-state index is 0.0739. The molecule has 0 aromatic heterocycles. The van der Waals surface area contributed by atoms with E-state index in [0.717, 1.165) is 32.1 Å². The monoisotopic (exact) mass is 476 g/mol. The Kier molecular flexibility index (Phi) is 7.53. The standard InChI is InChI=1S/C25H36N2O5S/c1-3-5-8-13-26-14-10-12-25-20(19-18(33-25)11-7-6-9-15-32-24(19)31)22(29)27(17(4-2)16-28)21(25)23(26)30/h7,10-12,17-21,28H,3-6,8-9,13-16H2,1-2H3/b11-7-/t17-,18-,19+,20-,21?,25-/m0/s1. The molecule has 8 heteroatoms. The Morgan fingerprint density at radius 2 is 2.03 bits per heavy atom. The van der Waals surface area contributed by atoms with E-state index in [2.05, 4.69) is 13.0 Å². The molecule has 2 amide bonds. The molecular formula is C25H36N2O5S. The Hall–Kier alpha value is -1.80. The summed E-state index contributed by atoms with van der Waals surface area (Å²) in [6, 6.07) is -1.19. The Morgan fingerprint density at radius 1 is 1.21 bits per heavy atom. The average Bonchev–Trinajstić information content (AvgIpc) is 3.22. The molecule has 0 aromatic carbocycles. The largest absolute Gasteiger partial charge is 0.465 e. The molecule has 0 radical (unpaired) electrons. The summed E-state index contributed by atoms with van der Waals surface area (Å²) in [5, 5.41) is 9.89. The number of unbranched alkanes of at least 4 members (excludes halogenated alkanes) is 2. The topological polar surface area (TPSA) is 87.2 Å². The summed E-state index contributed by atoms with van der Waals surface area (Å²) in [7, 11) is 0. The fourth-order valence-electron chi connectivity index (χ4n) is 5.80. The lowest BCUT2D eigenvalue weighted by molar-refractivity contribution is -0.153. The number of aliphatic hydroxyl groups is 1. The van der Waals surface area contributed by atoms with Gasteiger partial charge in [-0.05, 0) is 25.7 Å². The highest BCUT2D eigenvalue weighted by atomic mass is 32.2. The second kappa shape index (κ2) is 10.2. The van der Waals surface area contributed by atoms with E-state index in [1.54, 1.807) is 16.7 Å². The van der Waals surface area contributed by atoms with E-state index in [1.807, 2.05) is 30.1 Å². The molecule has 1 N–H and O–H groups in total. The fraction of sp³-hybridized carbons (Fsp3) is 0.720. The molecule has 4 heterocycles. The second-order valence-corrected chi connectivity index (χ2v) is 11.0. The van der Waals surface area contributed by atoms with Crippen molar-refractivity contribution in [3.8, 4) is 0 Å². The van der Waals surface area contributed by atoms with Crippen LogP contribution in [0.5, 0.6) is 0 Å². The SMILES string of the molecule is CCCCCN1CC=C[C@]23S[C@H]4/C=C\CCCOC(=O)[C@H]4[C@H]2C(=O)N([C@@H](CC)CO)C3C1=O. The smallest absolute Gasteiger partial charge is 0.311 e. The Morgan fingerprint density at radius 3 is 2.76 bits per heavy atom. The van der Waals surface area contributed by atoms with Gasteiger partial charge in [0.05, 0.1) is 35.8 Å². The zero-order valence-corrected chi connectivity index (χ0v) is 20.5. The summed E-state index contributed by atoms with van der Waals surface area (Å²) < 4.78 is 4.73. The quantitative estimate of drug-likeness (QED) is 0.345. The predicted octanol–water partition coefficient (Wildman–Crippen LogP) is 2.54. The highest BCUT2D eigenvalue weighted by Gasteiger charge is 2.71. The number of hydrogen-bond donors (Lipinski definition) is 1. The number of aliphatic hydroxyl groups excluding tert-OH is 1. The summed E-state index contributed by atoms with van der Waals surface area (Å²) in [6.07, 6.45) is 13.3. The Labute approximate surface area is 200 Å². The Balaban J connectivity index is 1.78. The van der Waals surface area contributed by atoms with Crippen molar-refractivity contribution in [1.29, 1.82) is 0 Å². The van der Waals surface area contributed by atoms with Gasteiger partial charge in [0.2, 0.25) is 11.8 Å². The molecule has 0 aliphatic carbocycles. The van der Waals surface area contributed by atoms with E-state index in [4.69, 9.17) is 4.74 Å². The van der Waals surface area contributed by atoms with Crippen LogP contribution in [0.2, 0.25) is 0 Å². The highest BCUT2D eigenvalue weighted by Crippen LogP contribution is 2.61. The van der Waals surface area contributed by atoms with Crippen LogP contribution in [0.1, 0.15) is 52.4 Å². The lowest BCUT2D eigenvalue weighted by atomic mass is 9.78. The zero-order chi connectivity index (χ0) is 23.6. The average molecular weight is 477 g/mol. The maximum absolute atomic E-state index is 14.0. The minimum Gasteiger partial charge on any atom is -0.465 e. The fourth-order valence-corrected chi connectivity index (χ4v) is 7.79. The van der Waals surface area contributed by atoms with Crippen LogP contribution >= 0.6 is 11.8 Å². The first-order valence-electron chi connectivity index (χ1n) is 12.4. The van der Waals surface area contributed by atoms with Crippen molar-refractivity contribution in [3.63, 3.8) is 0 Å². The highest BCUT2D eigenvalue weighted by molar-refractivity contribution is 8.02. The van der Waals surface area contributed by atoms with E-state index in [0.29, 0.717) is 26.1 Å². The van der Waals surface area contributed by atoms with Gasteiger partial charge in [0.1, 0.15) is 6.04 Å². The molecule has 4 aliphatic rings. The molecule has 0 bridgehead atoms. The zero-order valence-electron chi connectivity index (χ0n) is 19.7. The maximum atomic E-state index is 14.0. The summed E-state index contributed by atoms with van der Waals surface area (Å²) in [5.74, 6) is -1.94. The van der Waals surface area contributed by atoms with Crippen LogP contribution in [-0.2, 0) is 19.1 Å². The van der Waals surface area contributed by atoms with Crippen LogP contribution in [0.25, 0.3) is 0 Å². The summed E-state index contributed by atoms with van der Waals surface area (Å²) in [4.78, 5) is 44.6. The van der Waals surface area contributed by atoms with E-state index in [1.165, 1.54) is 0 Å². The number of cyclic esters (lactones) is 1. The molecule has 1 unspecified atom stereocenters. The van der Waals surface area contributed by atoms with Crippen molar-refractivity contribution in [2.45, 2.75) is 74.5 Å². The van der Waals surface area contributed by atoms with Gasteiger partial charge in [-0.3, -0.25) is 14.4 Å². The third kappa shape index (κ3) is 4.14. The van der Waals surface area contributed by atoms with Gasteiger partial charge in [0.25, 0.3) is 0 Å². The van der Waals surface area contributed by atoms with Crippen LogP contribution in [0.4, 0.5) is 0 Å². The third-order valence-corrected chi connectivity index (χ3v) is 9.22. The second-order valence-electron chi connectivity index (χ2n) is 9.46. The first-order valence-corrected chi connectivity index (χ1v) is 13.3. The van der Waals surface area contributed by atoms with Crippen molar-refractivity contribution in [3.05, 3.63) is 24.3 Å². The van der Waals surface area contributed by atoms with Gasteiger partial charge >= 0.3 is 5.97 Å². The number of ether oxygens (including phenoxy) is 1. The van der Waals surface area contributed by atoms with Crippen molar-refractivity contribution < 1.29 is 24.2 Å². The van der Waals surface area contributed by atoms with E-state index >= 15 is 0 Å². The van der Waals surface area contributed by atoms with E-state index in [-0.39, 0.29) is 29.6 Å². The van der Waals surface area contributed by atoms with Crippen LogP contribution in [0.15, 0.2) is 24.3 Å². The predicted molar refractivity (Wildman–Crippen MR) is 127 cm³/mol. The van der Waals surface area contributed by atoms with Crippen LogP contribution in [0, 0.1) is 11.8 Å². The van der Waals surface area contributed by atoms with Crippen molar-refractivity contribution in [2.24, 2.45) is 11.8 Å². The lowest BCUT2D eigenvalue weighted by Crippen LogP contribution is -2.56. The Bertz CT molecular complexity index is 826. The van der Waals surface area contributed by atoms with Gasteiger partial charge < -0.3 is 19.6 Å². The first kappa shape index (κ1) is 24.3. The number of fused-ring (bicyclic) bond motifs is 2. The molecule has 4 aliphatic heterocycles. The number of thioether (sulfide) groups is 1. The number of esters is 1. The molecule has 4 rings (SSSR count). The van der Waals surface area contributed by atoms with E-state index in [9.17, 15) is 19.5 Å². The van der Waals surface area contributed by atoms with Crippen molar-refractivity contribution >= 4 is 29.5 Å². The molecule has 33 heavy (non-hydrogen) atoms. The van der Waals surface area contributed by atoms with Gasteiger partial charge in [-0.2, -0.15) is 0 Å². The normalized spacial score (nSPS) is 35.7. The van der Waals surface area contributed by atoms with Gasteiger partial charge in [-0.1, -0.05) is 51.0 Å². The summed E-state index contributed by atoms with van der Waals surface area (Å²) in [6.45, 7) is 5.32. The van der Waals surface area contributed by atoms with Gasteiger partial charge in [-0.15, -0.1) is 11.8 Å². The van der Waals surface area contributed by atoms with E-state index < -0.39 is 28.7 Å². The number of rotatable bonds is 7. The van der Waals surface area contributed by atoms with Gasteiger partial charge in [-0.25, -0.2) is 0 Å². The number of amides is 2. The van der Waals surface area contributed by atoms with Crippen LogP contribution < -0.4 is 0 Å². The molecule has 2 saturated heterocycles. The molecule has 2 fully saturated rings. The van der Waals surface area contributed by atoms with Gasteiger partial charge in [0, 0.05) is 18.3 Å². The molecule has 0 aromatic rings. The number of nitrogens with zero attached hydrogens (tertiary/aromatic N) is 2. The number of carbonyl (C=O) groups is 3. The molecule has 182 valence electrons. The summed E-state index contributed by atoms with van der Waals surface area (Å²) in [5.41, 5.74) is 0. The minimum atomic E-state index is -0.839. The van der Waals surface area contributed by atoms with Gasteiger partial charge in [0.15, 0.2) is 0 Å². The molecule has 7 nitrogen and oxygen atoms in total. The molecule has 0 saturated carbocycles. The number of carbonyl (C=O) groups excluding carboxylic acids is 3. The number of hydrogen-bond acceptors (Lipinski definition) is 6. The number of allylic oxidation sites excluding steroid dienone is 1. The van der Waals surface area contributed by atoms with Crippen LogP contribution in [0.3, 0.4) is 0 Å². The molecule has 1 spiro atoms. The summed E-state index contributed by atoms with van der Waals surface area (Å²) >= 11 is 1.56. The van der Waals surface area contributed by atoms with Crippen molar-refractivity contribution in [2.75, 3.05) is 26.3 Å². The van der Waals surface area contributed by atoms with Crippen molar-refractivity contribution in [1.82, 2.24) is 9.80 Å². The lowest BCUT2D eigenvalue weighted by Gasteiger charge is -2.38. The first-order chi connectivity index (χ1) is 16.0.